The largest absolute Gasteiger partial charge is 0.261 e. The van der Waals surface area contributed by atoms with Gasteiger partial charge in [0, 0.05) is 27.6 Å². The third kappa shape index (κ3) is 3.66. The summed E-state index contributed by atoms with van der Waals surface area (Å²) >= 11 is 7.29. The van der Waals surface area contributed by atoms with Crippen molar-refractivity contribution in [1.29, 1.82) is 0 Å². The highest BCUT2D eigenvalue weighted by Crippen LogP contribution is 2.29. The van der Waals surface area contributed by atoms with E-state index in [-0.39, 0.29) is 0 Å². The fourth-order valence-electron chi connectivity index (χ4n) is 1.87. The van der Waals surface area contributed by atoms with Gasteiger partial charge in [-0.05, 0) is 48.7 Å². The molecule has 1 aromatic heterocycles. The summed E-state index contributed by atoms with van der Waals surface area (Å²) in [5.74, 6) is 0. The van der Waals surface area contributed by atoms with Crippen molar-refractivity contribution in [1.82, 2.24) is 4.98 Å². The Bertz CT molecular complexity index is 514. The second-order valence-corrected chi connectivity index (χ2v) is 6.58. The Labute approximate surface area is 125 Å². The van der Waals surface area contributed by atoms with Crippen LogP contribution in [-0.2, 0) is 6.42 Å². The van der Waals surface area contributed by atoms with E-state index in [1.165, 1.54) is 16.7 Å². The van der Waals surface area contributed by atoms with Crippen LogP contribution in [0.5, 0.6) is 0 Å². The fraction of sp³-hybridized carbons (Fsp3) is 0.267. The lowest BCUT2D eigenvalue weighted by atomic mass is 10.1. The predicted molar refractivity (Wildman–Crippen MR) is 83.2 cm³/mol. The third-order valence-electron chi connectivity index (χ3n) is 2.79. The van der Waals surface area contributed by atoms with Gasteiger partial charge in [0.1, 0.15) is 0 Å². The van der Waals surface area contributed by atoms with E-state index in [2.05, 4.69) is 81.0 Å². The lowest BCUT2D eigenvalue weighted by molar-refractivity contribution is 0.900. The smallest absolute Gasteiger partial charge is 0.0451 e. The van der Waals surface area contributed by atoms with E-state index >= 15 is 0 Å². The molecule has 2 rings (SSSR count). The number of halogens is 2. The van der Waals surface area contributed by atoms with Crippen molar-refractivity contribution < 1.29 is 0 Å². The van der Waals surface area contributed by atoms with Crippen LogP contribution in [0.3, 0.4) is 0 Å². The van der Waals surface area contributed by atoms with Crippen molar-refractivity contribution in [2.75, 3.05) is 0 Å². The molecule has 0 aliphatic carbocycles. The Morgan fingerprint density at radius 1 is 1.11 bits per heavy atom. The van der Waals surface area contributed by atoms with Crippen LogP contribution in [-0.4, -0.2) is 4.98 Å². The van der Waals surface area contributed by atoms with Crippen LogP contribution >= 0.6 is 31.9 Å². The first-order valence-electron chi connectivity index (χ1n) is 5.87. The quantitative estimate of drug-likeness (QED) is 0.683. The van der Waals surface area contributed by atoms with Crippen molar-refractivity contribution in [3.8, 4) is 0 Å². The van der Waals surface area contributed by atoms with Gasteiger partial charge in [-0.1, -0.05) is 44.0 Å². The zero-order valence-corrected chi connectivity index (χ0v) is 13.6. The fourth-order valence-corrected chi connectivity index (χ4v) is 3.09. The van der Waals surface area contributed by atoms with Crippen molar-refractivity contribution in [2.24, 2.45) is 0 Å². The maximum atomic E-state index is 4.45. The molecule has 1 atom stereocenters. The molecule has 0 saturated heterocycles. The maximum Gasteiger partial charge on any atom is 0.0451 e. The highest BCUT2D eigenvalue weighted by molar-refractivity contribution is 9.10. The zero-order valence-electron chi connectivity index (χ0n) is 10.5. The Morgan fingerprint density at radius 2 is 1.89 bits per heavy atom. The van der Waals surface area contributed by atoms with Crippen molar-refractivity contribution in [3.63, 3.8) is 0 Å². The van der Waals surface area contributed by atoms with Gasteiger partial charge in [-0.2, -0.15) is 0 Å². The van der Waals surface area contributed by atoms with Crippen molar-refractivity contribution in [2.45, 2.75) is 25.1 Å². The molecule has 0 saturated carbocycles. The molecular weight excluding hydrogens is 354 g/mol. The Kier molecular flexibility index (Phi) is 4.57. The van der Waals surface area contributed by atoms with E-state index in [0.29, 0.717) is 4.83 Å². The maximum absolute atomic E-state index is 4.45. The highest BCUT2D eigenvalue weighted by atomic mass is 79.9. The average molecular weight is 369 g/mol. The number of hydrogen-bond donors (Lipinski definition) is 0. The monoisotopic (exact) mass is 367 g/mol. The van der Waals surface area contributed by atoms with Crippen LogP contribution in [0.4, 0.5) is 0 Å². The molecule has 18 heavy (non-hydrogen) atoms. The molecular formula is C15H15Br2N. The van der Waals surface area contributed by atoms with E-state index in [1.807, 2.05) is 6.20 Å². The number of nitrogens with zero attached hydrogens (tertiary/aromatic N) is 1. The first-order chi connectivity index (χ1) is 8.54. The van der Waals surface area contributed by atoms with Crippen LogP contribution in [0.1, 0.15) is 27.2 Å². The molecule has 0 aliphatic rings. The van der Waals surface area contributed by atoms with Gasteiger partial charge in [-0.15, -0.1) is 0 Å². The summed E-state index contributed by atoms with van der Waals surface area (Å²) in [4.78, 5) is 4.74. The number of benzene rings is 1. The predicted octanol–water partition coefficient (Wildman–Crippen LogP) is 5.14. The minimum Gasteiger partial charge on any atom is -0.261 e. The molecule has 1 nitrogen and oxygen atoms in total. The molecule has 1 heterocycles. The summed E-state index contributed by atoms with van der Waals surface area (Å²) in [6.07, 6.45) is 2.82. The topological polar surface area (TPSA) is 12.9 Å². The van der Waals surface area contributed by atoms with Crippen LogP contribution in [0.25, 0.3) is 0 Å². The first-order valence-corrected chi connectivity index (χ1v) is 7.58. The summed E-state index contributed by atoms with van der Waals surface area (Å²) in [5, 5.41) is 0. The average Bonchev–Trinajstić information content (AvgIpc) is 2.31. The summed E-state index contributed by atoms with van der Waals surface area (Å²) in [6.45, 7) is 4.16. The molecule has 0 fully saturated rings. The number of pyridine rings is 1. The second kappa shape index (κ2) is 5.98. The van der Waals surface area contributed by atoms with Crippen LogP contribution in [0.2, 0.25) is 0 Å². The molecule has 0 amide bonds. The van der Waals surface area contributed by atoms with Gasteiger partial charge >= 0.3 is 0 Å². The Morgan fingerprint density at radius 3 is 2.50 bits per heavy atom. The number of hydrogen-bond acceptors (Lipinski definition) is 1. The summed E-state index contributed by atoms with van der Waals surface area (Å²) < 4.78 is 1.12. The number of rotatable bonds is 3. The SMILES string of the molecule is Cc1ccc(CC(Br)c2cc(C)cc(Br)c2)nc1. The third-order valence-corrected chi connectivity index (χ3v) is 4.10. The molecule has 0 bridgehead atoms. The summed E-state index contributed by atoms with van der Waals surface area (Å²) in [6, 6.07) is 10.7. The summed E-state index contributed by atoms with van der Waals surface area (Å²) in [5.41, 5.74) is 4.85. The lowest BCUT2D eigenvalue weighted by Gasteiger charge is -2.11. The molecule has 3 heteroatoms. The molecule has 94 valence electrons. The van der Waals surface area contributed by atoms with E-state index in [4.69, 9.17) is 0 Å². The van der Waals surface area contributed by atoms with Crippen molar-refractivity contribution >= 4 is 31.9 Å². The Hall–Kier alpha value is -0.670. The van der Waals surface area contributed by atoms with E-state index in [9.17, 15) is 0 Å². The highest BCUT2D eigenvalue weighted by Gasteiger charge is 2.10. The van der Waals surface area contributed by atoms with Gasteiger partial charge in [-0.25, -0.2) is 0 Å². The number of aryl methyl sites for hydroxylation is 2. The van der Waals surface area contributed by atoms with E-state index < -0.39 is 0 Å². The van der Waals surface area contributed by atoms with Crippen LogP contribution in [0, 0.1) is 13.8 Å². The molecule has 0 N–H and O–H groups in total. The van der Waals surface area contributed by atoms with E-state index in [0.717, 1.165) is 16.6 Å². The van der Waals surface area contributed by atoms with Gasteiger partial charge < -0.3 is 0 Å². The minimum absolute atomic E-state index is 0.295. The van der Waals surface area contributed by atoms with E-state index in [1.54, 1.807) is 0 Å². The molecule has 1 aromatic carbocycles. The molecule has 2 aromatic rings. The number of aromatic nitrogens is 1. The normalized spacial score (nSPS) is 12.4. The zero-order chi connectivity index (χ0) is 13.1. The number of alkyl halides is 1. The molecule has 0 radical (unpaired) electrons. The lowest BCUT2D eigenvalue weighted by Crippen LogP contribution is -1.98. The van der Waals surface area contributed by atoms with Gasteiger partial charge in [0.05, 0.1) is 0 Å². The minimum atomic E-state index is 0.295. The van der Waals surface area contributed by atoms with Crippen LogP contribution in [0.15, 0.2) is 41.0 Å². The Balaban J connectivity index is 2.16. The van der Waals surface area contributed by atoms with Gasteiger partial charge in [0.15, 0.2) is 0 Å². The first kappa shape index (κ1) is 13.8. The van der Waals surface area contributed by atoms with Gasteiger partial charge in [0.25, 0.3) is 0 Å². The van der Waals surface area contributed by atoms with Crippen molar-refractivity contribution in [3.05, 3.63) is 63.4 Å². The standard InChI is InChI=1S/C15H15Br2N/c1-10-3-4-14(18-9-10)8-15(17)12-5-11(2)6-13(16)7-12/h3-7,9,15H,8H2,1-2H3. The molecule has 0 spiro atoms. The molecule has 1 unspecified atom stereocenters. The molecule has 0 aliphatic heterocycles. The second-order valence-electron chi connectivity index (χ2n) is 4.56. The van der Waals surface area contributed by atoms with Gasteiger partial charge in [-0.3, -0.25) is 4.98 Å². The van der Waals surface area contributed by atoms with Crippen LogP contribution < -0.4 is 0 Å². The van der Waals surface area contributed by atoms with Gasteiger partial charge in [0.2, 0.25) is 0 Å². The summed E-state index contributed by atoms with van der Waals surface area (Å²) in [7, 11) is 0.